The average molecular weight is 319 g/mol. The van der Waals surface area contributed by atoms with Gasteiger partial charge in [-0.1, -0.05) is 12.1 Å². The van der Waals surface area contributed by atoms with Crippen LogP contribution < -0.4 is 15.8 Å². The highest BCUT2D eigenvalue weighted by Crippen LogP contribution is 2.23. The van der Waals surface area contributed by atoms with E-state index in [1.807, 2.05) is 0 Å². The van der Waals surface area contributed by atoms with Gasteiger partial charge in [0.1, 0.15) is 11.9 Å². The van der Waals surface area contributed by atoms with E-state index in [1.165, 1.54) is 5.56 Å². The highest BCUT2D eigenvalue weighted by Gasteiger charge is 2.21. The molecule has 1 heterocycles. The number of imide groups is 1. The van der Waals surface area contributed by atoms with Crippen LogP contribution in [0.3, 0.4) is 0 Å². The molecule has 126 valence electrons. The fourth-order valence-electron chi connectivity index (χ4n) is 2.72. The number of hydrogen-bond acceptors (Lipinski definition) is 4. The summed E-state index contributed by atoms with van der Waals surface area (Å²) < 4.78 is 6.13. The normalized spacial score (nSPS) is 16.1. The number of amides is 3. The van der Waals surface area contributed by atoms with Gasteiger partial charge in [0.05, 0.1) is 0 Å². The first-order valence-electron chi connectivity index (χ1n) is 7.99. The lowest BCUT2D eigenvalue weighted by molar-refractivity contribution is -0.120. The number of hydrogen-bond donors (Lipinski definition) is 2. The molecule has 0 aromatic heterocycles. The number of urea groups is 1. The summed E-state index contributed by atoms with van der Waals surface area (Å²) in [6, 6.07) is 5.45. The van der Waals surface area contributed by atoms with Crippen LogP contribution in [0.4, 0.5) is 4.79 Å². The third-order valence-electron chi connectivity index (χ3n) is 4.09. The summed E-state index contributed by atoms with van der Waals surface area (Å²) >= 11 is 0. The fourth-order valence-corrected chi connectivity index (χ4v) is 2.72. The van der Waals surface area contributed by atoms with Crippen molar-refractivity contribution in [2.75, 3.05) is 19.6 Å². The van der Waals surface area contributed by atoms with Crippen LogP contribution in [-0.2, 0) is 4.79 Å². The van der Waals surface area contributed by atoms with Crippen molar-refractivity contribution < 1.29 is 14.3 Å². The number of benzene rings is 1. The quantitative estimate of drug-likeness (QED) is 0.865. The van der Waals surface area contributed by atoms with Crippen molar-refractivity contribution in [3.05, 3.63) is 29.3 Å². The van der Waals surface area contributed by atoms with Gasteiger partial charge in [-0.25, -0.2) is 4.79 Å². The summed E-state index contributed by atoms with van der Waals surface area (Å²) in [6.07, 6.45) is 2.37. The number of ether oxygens (including phenoxy) is 1. The van der Waals surface area contributed by atoms with E-state index < -0.39 is 6.03 Å². The van der Waals surface area contributed by atoms with Crippen LogP contribution in [0.25, 0.3) is 0 Å². The molecule has 0 spiro atoms. The third kappa shape index (κ3) is 5.56. The van der Waals surface area contributed by atoms with E-state index in [0.29, 0.717) is 6.54 Å². The number of nitrogens with two attached hydrogens (primary N) is 1. The number of nitrogens with one attached hydrogen (secondary N) is 1. The van der Waals surface area contributed by atoms with Gasteiger partial charge in [-0.15, -0.1) is 0 Å². The lowest BCUT2D eigenvalue weighted by atomic mass is 10.1. The molecule has 1 aliphatic rings. The molecule has 1 aromatic carbocycles. The topological polar surface area (TPSA) is 84.7 Å². The molecule has 0 bridgehead atoms. The molecule has 1 saturated heterocycles. The maximum absolute atomic E-state index is 11.4. The maximum atomic E-state index is 11.4. The molecule has 0 radical (unpaired) electrons. The molecular formula is C17H25N3O3. The highest BCUT2D eigenvalue weighted by atomic mass is 16.5. The number of likely N-dealkylation sites (tertiary alicyclic amines) is 1. The minimum atomic E-state index is -0.796. The second-order valence-corrected chi connectivity index (χ2v) is 6.09. The van der Waals surface area contributed by atoms with Crippen molar-refractivity contribution in [1.82, 2.24) is 10.2 Å². The minimum Gasteiger partial charge on any atom is -0.490 e. The Bertz CT molecular complexity index is 566. The Morgan fingerprint density at radius 1 is 1.30 bits per heavy atom. The van der Waals surface area contributed by atoms with E-state index in [0.717, 1.165) is 37.2 Å². The van der Waals surface area contributed by atoms with E-state index in [1.54, 1.807) is 0 Å². The zero-order valence-electron chi connectivity index (χ0n) is 13.8. The number of aryl methyl sites for hydroxylation is 2. The van der Waals surface area contributed by atoms with Crippen LogP contribution in [0.15, 0.2) is 18.2 Å². The van der Waals surface area contributed by atoms with E-state index in [2.05, 4.69) is 42.3 Å². The second-order valence-electron chi connectivity index (χ2n) is 6.09. The second kappa shape index (κ2) is 7.97. The lowest BCUT2D eigenvalue weighted by Gasteiger charge is -2.32. The minimum absolute atomic E-state index is 0.214. The Morgan fingerprint density at radius 3 is 2.65 bits per heavy atom. The molecular weight excluding hydrogens is 294 g/mol. The Hall–Kier alpha value is -2.08. The first kappa shape index (κ1) is 17.3. The lowest BCUT2D eigenvalue weighted by Crippen LogP contribution is -2.41. The summed E-state index contributed by atoms with van der Waals surface area (Å²) in [7, 11) is 0. The summed E-state index contributed by atoms with van der Waals surface area (Å²) in [6.45, 7) is 6.53. The molecule has 1 aromatic rings. The zero-order valence-corrected chi connectivity index (χ0v) is 13.8. The van der Waals surface area contributed by atoms with Gasteiger partial charge in [0, 0.05) is 26.1 Å². The van der Waals surface area contributed by atoms with E-state index in [4.69, 9.17) is 10.5 Å². The Morgan fingerprint density at radius 2 is 2.00 bits per heavy atom. The van der Waals surface area contributed by atoms with Crippen molar-refractivity contribution in [1.29, 1.82) is 0 Å². The Balaban J connectivity index is 1.74. The summed E-state index contributed by atoms with van der Waals surface area (Å²) in [5.74, 6) is 0.635. The van der Waals surface area contributed by atoms with Crippen molar-refractivity contribution >= 4 is 11.9 Å². The smallest absolute Gasteiger partial charge is 0.318 e. The van der Waals surface area contributed by atoms with Crippen molar-refractivity contribution in [3.8, 4) is 5.75 Å². The predicted octanol–water partition coefficient (Wildman–Crippen LogP) is 1.73. The number of carbonyl (C=O) groups is 2. The number of carbonyl (C=O) groups excluding carboxylic acids is 2. The van der Waals surface area contributed by atoms with Gasteiger partial charge in [0.15, 0.2) is 0 Å². The molecule has 2 rings (SSSR count). The summed E-state index contributed by atoms with van der Waals surface area (Å²) in [4.78, 5) is 24.2. The van der Waals surface area contributed by atoms with Gasteiger partial charge < -0.3 is 15.4 Å². The zero-order chi connectivity index (χ0) is 16.8. The average Bonchev–Trinajstić information content (AvgIpc) is 2.49. The monoisotopic (exact) mass is 319 g/mol. The molecule has 0 unspecified atom stereocenters. The molecule has 23 heavy (non-hydrogen) atoms. The maximum Gasteiger partial charge on any atom is 0.318 e. The number of nitrogens with zero attached hydrogens (tertiary/aromatic N) is 1. The number of piperidine rings is 1. The first-order chi connectivity index (χ1) is 10.9. The standard InChI is InChI=1S/C17H25N3O3/c1-12-3-4-13(2)15(11-12)23-14-5-8-20(9-6-14)10-7-16(21)19-17(18)22/h3-4,11,14H,5-10H2,1-2H3,(H3,18,19,21,22). The van der Waals surface area contributed by atoms with Crippen molar-refractivity contribution in [2.24, 2.45) is 5.73 Å². The Labute approximate surface area is 137 Å². The SMILES string of the molecule is Cc1ccc(C)c(OC2CCN(CCC(=O)NC(N)=O)CC2)c1. The van der Waals surface area contributed by atoms with Crippen LogP contribution in [0.5, 0.6) is 5.75 Å². The van der Waals surface area contributed by atoms with Crippen molar-refractivity contribution in [3.63, 3.8) is 0 Å². The molecule has 0 aliphatic carbocycles. The predicted molar refractivity (Wildman–Crippen MR) is 88.3 cm³/mol. The molecule has 3 amide bonds. The molecule has 3 N–H and O–H groups in total. The third-order valence-corrected chi connectivity index (χ3v) is 4.09. The molecule has 6 nitrogen and oxygen atoms in total. The van der Waals surface area contributed by atoms with Crippen LogP contribution in [0.1, 0.15) is 30.4 Å². The molecule has 6 heteroatoms. The van der Waals surface area contributed by atoms with Gasteiger partial charge in [-0.05, 0) is 43.9 Å². The van der Waals surface area contributed by atoms with Gasteiger partial charge in [-0.3, -0.25) is 10.1 Å². The van der Waals surface area contributed by atoms with Crippen LogP contribution in [0, 0.1) is 13.8 Å². The molecule has 1 aliphatic heterocycles. The van der Waals surface area contributed by atoms with E-state index in [-0.39, 0.29) is 18.4 Å². The largest absolute Gasteiger partial charge is 0.490 e. The first-order valence-corrected chi connectivity index (χ1v) is 7.99. The van der Waals surface area contributed by atoms with Crippen LogP contribution in [-0.4, -0.2) is 42.6 Å². The summed E-state index contributed by atoms with van der Waals surface area (Å²) in [5, 5.41) is 2.08. The summed E-state index contributed by atoms with van der Waals surface area (Å²) in [5.41, 5.74) is 7.27. The molecule has 1 fully saturated rings. The van der Waals surface area contributed by atoms with Crippen LogP contribution in [0.2, 0.25) is 0 Å². The van der Waals surface area contributed by atoms with Gasteiger partial charge >= 0.3 is 6.03 Å². The molecule has 0 atom stereocenters. The van der Waals surface area contributed by atoms with E-state index >= 15 is 0 Å². The Kier molecular flexibility index (Phi) is 5.98. The van der Waals surface area contributed by atoms with Gasteiger partial charge in [0.2, 0.25) is 5.91 Å². The number of rotatable bonds is 5. The van der Waals surface area contributed by atoms with E-state index in [9.17, 15) is 9.59 Å². The van der Waals surface area contributed by atoms with Gasteiger partial charge in [-0.2, -0.15) is 0 Å². The van der Waals surface area contributed by atoms with Gasteiger partial charge in [0.25, 0.3) is 0 Å². The van der Waals surface area contributed by atoms with Crippen LogP contribution >= 0.6 is 0 Å². The fraction of sp³-hybridized carbons (Fsp3) is 0.529. The highest BCUT2D eigenvalue weighted by molar-refractivity contribution is 5.93. The molecule has 0 saturated carbocycles. The number of primary amides is 1. The van der Waals surface area contributed by atoms with Crippen molar-refractivity contribution in [2.45, 2.75) is 39.2 Å².